The molecule has 0 unspecified atom stereocenters. The number of halogens is 3. The number of benzene rings is 1. The van der Waals surface area contributed by atoms with Gasteiger partial charge in [0.15, 0.2) is 5.65 Å². The highest BCUT2D eigenvalue weighted by atomic mass is 32.2. The summed E-state index contributed by atoms with van der Waals surface area (Å²) in [7, 11) is -4.45. The third-order valence-electron chi connectivity index (χ3n) is 3.05. The zero-order valence-electron chi connectivity index (χ0n) is 11.3. The van der Waals surface area contributed by atoms with Crippen molar-refractivity contribution in [1.29, 1.82) is 0 Å². The molecule has 3 rings (SSSR count). The van der Waals surface area contributed by atoms with Crippen LogP contribution in [0, 0.1) is 0 Å². The molecule has 6 nitrogen and oxygen atoms in total. The first-order valence-electron chi connectivity index (χ1n) is 6.26. The van der Waals surface area contributed by atoms with Gasteiger partial charge in [-0.05, 0) is 24.3 Å². The molecule has 0 bridgehead atoms. The molecule has 120 valence electrons. The highest BCUT2D eigenvalue weighted by Crippen LogP contribution is 2.34. The number of anilines is 1. The largest absolute Gasteiger partial charge is 0.417 e. The Labute approximate surface area is 128 Å². The van der Waals surface area contributed by atoms with Gasteiger partial charge in [0.1, 0.15) is 6.33 Å². The first kappa shape index (κ1) is 15.3. The van der Waals surface area contributed by atoms with Crippen molar-refractivity contribution < 1.29 is 21.6 Å². The minimum Gasteiger partial charge on any atom is -0.287 e. The van der Waals surface area contributed by atoms with Crippen LogP contribution in [-0.2, 0) is 16.2 Å². The van der Waals surface area contributed by atoms with E-state index in [4.69, 9.17) is 0 Å². The lowest BCUT2D eigenvalue weighted by Gasteiger charge is -2.14. The number of hydrogen-bond donors (Lipinski definition) is 1. The Kier molecular flexibility index (Phi) is 3.48. The number of alkyl halides is 3. The Hall–Kier alpha value is -2.62. The van der Waals surface area contributed by atoms with Crippen molar-refractivity contribution >= 4 is 21.4 Å². The molecule has 0 aliphatic rings. The molecule has 0 radical (unpaired) electrons. The number of sulfonamides is 1. The fourth-order valence-electron chi connectivity index (χ4n) is 2.07. The third kappa shape index (κ3) is 2.84. The van der Waals surface area contributed by atoms with E-state index in [-0.39, 0.29) is 11.3 Å². The van der Waals surface area contributed by atoms with Crippen molar-refractivity contribution in [2.24, 2.45) is 0 Å². The van der Waals surface area contributed by atoms with E-state index in [1.54, 1.807) is 6.20 Å². The first-order valence-corrected chi connectivity index (χ1v) is 7.75. The van der Waals surface area contributed by atoms with Gasteiger partial charge < -0.3 is 0 Å². The van der Waals surface area contributed by atoms with Gasteiger partial charge >= 0.3 is 6.18 Å². The van der Waals surface area contributed by atoms with Crippen molar-refractivity contribution in [2.45, 2.75) is 11.1 Å². The summed E-state index contributed by atoms with van der Waals surface area (Å²) in [5, 5.41) is 7.35. The van der Waals surface area contributed by atoms with Crippen molar-refractivity contribution in [1.82, 2.24) is 14.6 Å². The Bertz CT molecular complexity index is 967. The number of fused-ring (bicyclic) bond motifs is 1. The maximum absolute atomic E-state index is 13.0. The molecule has 10 heteroatoms. The summed E-state index contributed by atoms with van der Waals surface area (Å²) in [5.74, 6) is 0. The molecule has 0 fully saturated rings. The fraction of sp³-hybridized carbons (Fsp3) is 0.0769. The minimum atomic E-state index is -4.79. The average molecular weight is 342 g/mol. The quantitative estimate of drug-likeness (QED) is 0.794. The van der Waals surface area contributed by atoms with Crippen LogP contribution in [0.15, 0.2) is 53.8 Å². The maximum Gasteiger partial charge on any atom is 0.417 e. The van der Waals surface area contributed by atoms with Crippen LogP contribution in [0.4, 0.5) is 18.9 Å². The molecular formula is C13H9F3N4O2S. The number of aromatic nitrogens is 3. The molecule has 0 aliphatic carbocycles. The van der Waals surface area contributed by atoms with Gasteiger partial charge in [-0.15, -0.1) is 10.2 Å². The molecule has 0 atom stereocenters. The maximum atomic E-state index is 13.0. The number of hydrogen-bond acceptors (Lipinski definition) is 4. The normalized spacial score (nSPS) is 12.5. The van der Waals surface area contributed by atoms with E-state index in [0.29, 0.717) is 6.07 Å². The molecular weight excluding hydrogens is 333 g/mol. The van der Waals surface area contributed by atoms with Crippen LogP contribution in [0.1, 0.15) is 5.56 Å². The van der Waals surface area contributed by atoms with Crippen LogP contribution in [0.25, 0.3) is 5.65 Å². The van der Waals surface area contributed by atoms with Gasteiger partial charge in [-0.1, -0.05) is 12.1 Å². The second-order valence-corrected chi connectivity index (χ2v) is 6.23. The Balaban J connectivity index is 2.09. The highest BCUT2D eigenvalue weighted by Gasteiger charge is 2.37. The van der Waals surface area contributed by atoms with E-state index in [2.05, 4.69) is 14.9 Å². The summed E-state index contributed by atoms with van der Waals surface area (Å²) in [6.07, 6.45) is -1.86. The summed E-state index contributed by atoms with van der Waals surface area (Å²) < 4.78 is 67.3. The van der Waals surface area contributed by atoms with E-state index < -0.39 is 26.7 Å². The lowest BCUT2D eigenvalue weighted by Crippen LogP contribution is -2.19. The zero-order valence-corrected chi connectivity index (χ0v) is 12.1. The molecule has 2 aromatic heterocycles. The molecule has 23 heavy (non-hydrogen) atoms. The first-order chi connectivity index (χ1) is 10.8. The van der Waals surface area contributed by atoms with E-state index in [0.717, 1.165) is 12.1 Å². The second-order valence-electron chi connectivity index (χ2n) is 4.58. The molecule has 0 aliphatic heterocycles. The summed E-state index contributed by atoms with van der Waals surface area (Å²) in [5.41, 5.74) is -1.02. The number of nitrogens with zero attached hydrogens (tertiary/aromatic N) is 3. The smallest absolute Gasteiger partial charge is 0.287 e. The number of nitrogens with one attached hydrogen (secondary N) is 1. The predicted octanol–water partition coefficient (Wildman–Crippen LogP) is 2.55. The lowest BCUT2D eigenvalue weighted by molar-refractivity contribution is -0.139. The molecule has 2 heterocycles. The van der Waals surface area contributed by atoms with Crippen LogP contribution < -0.4 is 4.72 Å². The predicted molar refractivity (Wildman–Crippen MR) is 75.2 cm³/mol. The van der Waals surface area contributed by atoms with Gasteiger partial charge in [-0.3, -0.25) is 9.12 Å². The lowest BCUT2D eigenvalue weighted by atomic mass is 10.2. The van der Waals surface area contributed by atoms with Crippen LogP contribution in [0.2, 0.25) is 0 Å². The fourth-order valence-corrected chi connectivity index (χ4v) is 3.36. The Morgan fingerprint density at radius 2 is 1.83 bits per heavy atom. The molecule has 0 spiro atoms. The Morgan fingerprint density at radius 3 is 2.57 bits per heavy atom. The van der Waals surface area contributed by atoms with Crippen molar-refractivity contribution in [2.75, 3.05) is 4.72 Å². The molecule has 1 aromatic carbocycles. The zero-order chi connectivity index (χ0) is 16.7. The highest BCUT2D eigenvalue weighted by molar-refractivity contribution is 7.92. The van der Waals surface area contributed by atoms with Crippen LogP contribution in [0.5, 0.6) is 0 Å². The van der Waals surface area contributed by atoms with Crippen LogP contribution in [0.3, 0.4) is 0 Å². The second kappa shape index (κ2) is 5.23. The van der Waals surface area contributed by atoms with E-state index in [9.17, 15) is 21.6 Å². The molecule has 0 saturated carbocycles. The number of pyridine rings is 1. The average Bonchev–Trinajstić information content (AvgIpc) is 2.96. The summed E-state index contributed by atoms with van der Waals surface area (Å²) >= 11 is 0. The van der Waals surface area contributed by atoms with E-state index in [1.165, 1.54) is 28.9 Å². The molecule has 1 N–H and O–H groups in total. The monoisotopic (exact) mass is 342 g/mol. The standard InChI is InChI=1S/C13H9F3N4O2S/c14-13(15,16)9-4-1-2-6-11(9)23(21,22)19-10-5-3-7-20-8-17-18-12(10)20/h1-8,19H. The SMILES string of the molecule is O=S(=O)(Nc1cccn2cnnc12)c1ccccc1C(F)(F)F. The Morgan fingerprint density at radius 1 is 1.09 bits per heavy atom. The third-order valence-corrected chi connectivity index (χ3v) is 4.47. The van der Waals surface area contributed by atoms with Crippen LogP contribution >= 0.6 is 0 Å². The summed E-state index contributed by atoms with van der Waals surface area (Å²) in [4.78, 5) is -0.853. The topological polar surface area (TPSA) is 76.4 Å². The molecule has 0 saturated heterocycles. The van der Waals surface area contributed by atoms with Gasteiger partial charge in [-0.25, -0.2) is 8.42 Å². The molecule has 0 amide bonds. The van der Waals surface area contributed by atoms with Gasteiger partial charge in [0.25, 0.3) is 10.0 Å². The summed E-state index contributed by atoms with van der Waals surface area (Å²) in [6, 6.07) is 6.87. The van der Waals surface area contributed by atoms with Gasteiger partial charge in [0, 0.05) is 6.20 Å². The van der Waals surface area contributed by atoms with E-state index in [1.807, 2.05) is 0 Å². The van der Waals surface area contributed by atoms with Gasteiger partial charge in [-0.2, -0.15) is 13.2 Å². The summed E-state index contributed by atoms with van der Waals surface area (Å²) in [6.45, 7) is 0. The van der Waals surface area contributed by atoms with Gasteiger partial charge in [0.2, 0.25) is 0 Å². The minimum absolute atomic E-state index is 0.0296. The molecule has 3 aromatic rings. The van der Waals surface area contributed by atoms with Crippen molar-refractivity contribution in [3.63, 3.8) is 0 Å². The van der Waals surface area contributed by atoms with E-state index >= 15 is 0 Å². The van der Waals surface area contributed by atoms with Gasteiger partial charge in [0.05, 0.1) is 16.1 Å². The number of rotatable bonds is 3. The van der Waals surface area contributed by atoms with Crippen molar-refractivity contribution in [3.05, 3.63) is 54.5 Å². The van der Waals surface area contributed by atoms with Crippen LogP contribution in [-0.4, -0.2) is 23.0 Å². The van der Waals surface area contributed by atoms with Crippen molar-refractivity contribution in [3.8, 4) is 0 Å².